The van der Waals surface area contributed by atoms with Crippen LogP contribution < -0.4 is 24.8 Å². The van der Waals surface area contributed by atoms with Gasteiger partial charge in [0.1, 0.15) is 25.1 Å². The maximum Gasteiger partial charge on any atom is 0.321 e. The minimum atomic E-state index is -3.55. The van der Waals surface area contributed by atoms with Crippen molar-refractivity contribution in [2.45, 2.75) is 72.1 Å². The van der Waals surface area contributed by atoms with Gasteiger partial charge in [0.25, 0.3) is 11.8 Å². The number of amides is 2. The Kier molecular flexibility index (Phi) is 12.4. The first-order chi connectivity index (χ1) is 23.2. The summed E-state index contributed by atoms with van der Waals surface area (Å²) in [5, 5.41) is 10.7. The van der Waals surface area contributed by atoms with Crippen LogP contribution in [0.15, 0.2) is 66.9 Å². The lowest BCUT2D eigenvalue weighted by molar-refractivity contribution is -0.144. The first-order valence-electron chi connectivity index (χ1n) is 16.4. The number of hydrogen-bond donors (Lipinski definition) is 2. The number of alkyl halides is 2. The van der Waals surface area contributed by atoms with Crippen molar-refractivity contribution in [3.63, 3.8) is 0 Å². The van der Waals surface area contributed by atoms with Crippen molar-refractivity contribution in [1.29, 1.82) is 0 Å². The lowest BCUT2D eigenvalue weighted by Gasteiger charge is -2.28. The van der Waals surface area contributed by atoms with E-state index >= 15 is 0 Å². The Hall–Kier alpha value is -4.71. The third kappa shape index (κ3) is 8.60. The van der Waals surface area contributed by atoms with E-state index in [1.54, 1.807) is 66.3 Å². The van der Waals surface area contributed by atoms with E-state index in [-0.39, 0.29) is 11.9 Å². The zero-order chi connectivity index (χ0) is 34.8. The van der Waals surface area contributed by atoms with Crippen LogP contribution in [0.25, 0.3) is 16.6 Å². The van der Waals surface area contributed by atoms with Gasteiger partial charge in [0.2, 0.25) is 0 Å². The number of halogens is 2. The minimum absolute atomic E-state index is 0.00407. The summed E-state index contributed by atoms with van der Waals surface area (Å²) in [6.07, 6.45) is 1.61. The van der Waals surface area contributed by atoms with Gasteiger partial charge >= 0.3 is 5.92 Å². The zero-order valence-electron chi connectivity index (χ0n) is 28.2. The predicted octanol–water partition coefficient (Wildman–Crippen LogP) is 6.65. The number of carbonyl (C=O) groups excluding carboxylic acids is 2. The smallest absolute Gasteiger partial charge is 0.321 e. The normalized spacial score (nSPS) is 16.4. The fourth-order valence-corrected chi connectivity index (χ4v) is 5.24. The molecular weight excluding hydrogens is 622 g/mol. The molecule has 2 aliphatic rings. The standard InChI is InChI=1S/C32H32F2N4O6.2C2H6/c1-19(36-31(40)32(2,33)34)29(20-6-9-27-28(16-20)43-13-12-42-27)44-25-7-8-26-22(15-25)17-35-38(26)24-5-3-4-21(14-24)30(39)37-23-10-11-41-18-23;2*1-2/h3-9,14-17,19,23,29H,10-13,18H2,1-2H3,(H,36,40)(H,37,39);2*1-2H3/t19?,23?,29-;;/m0../s1. The Morgan fingerprint density at radius 1 is 0.979 bits per heavy atom. The van der Waals surface area contributed by atoms with Crippen LogP contribution in [0.1, 0.15) is 70.0 Å². The van der Waals surface area contributed by atoms with Crippen LogP contribution in [0.2, 0.25) is 0 Å². The van der Waals surface area contributed by atoms with Crippen molar-refractivity contribution in [2.75, 3.05) is 26.4 Å². The summed E-state index contributed by atoms with van der Waals surface area (Å²) in [7, 11) is 0. The molecule has 2 amide bonds. The predicted molar refractivity (Wildman–Crippen MR) is 179 cm³/mol. The van der Waals surface area contributed by atoms with Crippen molar-refractivity contribution >= 4 is 22.7 Å². The topological polar surface area (TPSA) is 113 Å². The van der Waals surface area contributed by atoms with Gasteiger partial charge in [0, 0.05) is 24.5 Å². The molecule has 2 N–H and O–H groups in total. The van der Waals surface area contributed by atoms with Crippen LogP contribution in [0.5, 0.6) is 17.2 Å². The maximum atomic E-state index is 13.7. The van der Waals surface area contributed by atoms with Gasteiger partial charge in [-0.3, -0.25) is 9.59 Å². The van der Waals surface area contributed by atoms with Gasteiger partial charge in [-0.25, -0.2) is 4.68 Å². The fourth-order valence-electron chi connectivity index (χ4n) is 5.24. The van der Waals surface area contributed by atoms with Crippen LogP contribution in [0.4, 0.5) is 8.78 Å². The Morgan fingerprint density at radius 2 is 1.73 bits per heavy atom. The summed E-state index contributed by atoms with van der Waals surface area (Å²) >= 11 is 0. The Bertz CT molecular complexity index is 1680. The van der Waals surface area contributed by atoms with Gasteiger partial charge in [-0.15, -0.1) is 0 Å². The van der Waals surface area contributed by atoms with Crippen molar-refractivity contribution < 1.29 is 37.3 Å². The molecule has 2 aliphatic heterocycles. The van der Waals surface area contributed by atoms with Crippen LogP contribution in [-0.2, 0) is 9.53 Å². The van der Waals surface area contributed by atoms with E-state index in [1.165, 1.54) is 0 Å². The SMILES string of the molecule is CC.CC.CC(NC(=O)C(C)(F)F)[C@H](Oc1ccc2c(cnn2-c2cccc(C(=O)NC3CCOC3)c2)c1)c1ccc2c(c1)OCCO2. The molecule has 258 valence electrons. The fraction of sp³-hybridized carbons (Fsp3) is 0.417. The first kappa shape index (κ1) is 36.1. The van der Waals surface area contributed by atoms with Gasteiger partial charge in [0.15, 0.2) is 11.5 Å². The molecule has 0 bridgehead atoms. The number of nitrogens with one attached hydrogen (secondary N) is 2. The molecule has 4 aromatic rings. The molecule has 0 saturated carbocycles. The average Bonchev–Trinajstić information content (AvgIpc) is 3.78. The highest BCUT2D eigenvalue weighted by Gasteiger charge is 2.35. The number of benzene rings is 3. The minimum Gasteiger partial charge on any atom is -0.486 e. The molecule has 12 heteroatoms. The van der Waals surface area contributed by atoms with Crippen LogP contribution in [0, 0.1) is 0 Å². The Balaban J connectivity index is 0.00000125. The van der Waals surface area contributed by atoms with E-state index in [1.807, 2.05) is 39.8 Å². The molecule has 0 spiro atoms. The lowest BCUT2D eigenvalue weighted by atomic mass is 10.0. The van der Waals surface area contributed by atoms with Crippen molar-refractivity contribution in [1.82, 2.24) is 20.4 Å². The highest BCUT2D eigenvalue weighted by Crippen LogP contribution is 2.36. The summed E-state index contributed by atoms with van der Waals surface area (Å²) in [6.45, 7) is 12.1. The molecule has 1 saturated heterocycles. The second-order valence-electron chi connectivity index (χ2n) is 11.0. The van der Waals surface area contributed by atoms with Crippen molar-refractivity contribution in [2.24, 2.45) is 0 Å². The molecule has 1 aromatic heterocycles. The second-order valence-corrected chi connectivity index (χ2v) is 11.0. The van der Waals surface area contributed by atoms with Crippen LogP contribution in [-0.4, -0.2) is 66.0 Å². The first-order valence-corrected chi connectivity index (χ1v) is 16.4. The van der Waals surface area contributed by atoms with Crippen molar-refractivity contribution in [3.05, 3.63) is 78.0 Å². The number of rotatable bonds is 9. The number of aromatic nitrogens is 2. The molecule has 3 aromatic carbocycles. The molecule has 6 rings (SSSR count). The molecule has 3 atom stereocenters. The number of hydrogen-bond acceptors (Lipinski definition) is 7. The van der Waals surface area contributed by atoms with Crippen LogP contribution in [0.3, 0.4) is 0 Å². The molecule has 3 heterocycles. The molecule has 48 heavy (non-hydrogen) atoms. The molecule has 0 aliphatic carbocycles. The van der Waals surface area contributed by atoms with Gasteiger partial charge in [-0.2, -0.15) is 13.9 Å². The lowest BCUT2D eigenvalue weighted by Crippen LogP contribution is -2.46. The van der Waals surface area contributed by atoms with E-state index in [2.05, 4.69) is 15.7 Å². The highest BCUT2D eigenvalue weighted by molar-refractivity contribution is 5.95. The summed E-state index contributed by atoms with van der Waals surface area (Å²) in [5.74, 6) is -3.62. The second kappa shape index (κ2) is 16.4. The maximum absolute atomic E-state index is 13.7. The van der Waals surface area contributed by atoms with E-state index in [4.69, 9.17) is 18.9 Å². The van der Waals surface area contributed by atoms with E-state index in [9.17, 15) is 18.4 Å². The highest BCUT2D eigenvalue weighted by atomic mass is 19.3. The summed E-state index contributed by atoms with van der Waals surface area (Å²) < 4.78 is 52.2. The summed E-state index contributed by atoms with van der Waals surface area (Å²) in [4.78, 5) is 25.0. The number of carbonyl (C=O) groups is 2. The summed E-state index contributed by atoms with van der Waals surface area (Å²) in [6, 6.07) is 16.9. The Morgan fingerprint density at radius 3 is 2.44 bits per heavy atom. The zero-order valence-corrected chi connectivity index (χ0v) is 28.2. The van der Waals surface area contributed by atoms with E-state index < -0.39 is 24.0 Å². The quantitative estimate of drug-likeness (QED) is 0.206. The Labute approximate surface area is 279 Å². The molecule has 2 unspecified atom stereocenters. The van der Waals surface area contributed by atoms with Crippen molar-refractivity contribution in [3.8, 4) is 22.9 Å². The molecule has 1 fully saturated rings. The summed E-state index contributed by atoms with van der Waals surface area (Å²) in [5.41, 5.74) is 2.59. The number of fused-ring (bicyclic) bond motifs is 2. The number of nitrogens with zero attached hydrogens (tertiary/aromatic N) is 2. The van der Waals surface area contributed by atoms with Gasteiger partial charge < -0.3 is 29.6 Å². The molecule has 10 nitrogen and oxygen atoms in total. The molecular formula is C36H44F2N4O6. The largest absolute Gasteiger partial charge is 0.486 e. The van der Waals surface area contributed by atoms with Gasteiger partial charge in [-0.05, 0) is 67.4 Å². The third-order valence-corrected chi connectivity index (χ3v) is 7.53. The monoisotopic (exact) mass is 666 g/mol. The van der Waals surface area contributed by atoms with Gasteiger partial charge in [-0.1, -0.05) is 39.8 Å². The third-order valence-electron chi connectivity index (χ3n) is 7.53. The van der Waals surface area contributed by atoms with Gasteiger partial charge in [0.05, 0.1) is 36.1 Å². The van der Waals surface area contributed by atoms with Crippen LogP contribution >= 0.6 is 0 Å². The number of ether oxygens (including phenoxy) is 4. The molecule has 0 radical (unpaired) electrons. The average molecular weight is 667 g/mol. The van der Waals surface area contributed by atoms with E-state index in [0.29, 0.717) is 67.4 Å². The van der Waals surface area contributed by atoms with E-state index in [0.717, 1.165) is 17.3 Å².